The van der Waals surface area contributed by atoms with Crippen molar-refractivity contribution in [2.24, 2.45) is 17.8 Å². The summed E-state index contributed by atoms with van der Waals surface area (Å²) in [6, 6.07) is 0. The van der Waals surface area contributed by atoms with Gasteiger partial charge in [-0.05, 0) is 64.5 Å². The van der Waals surface area contributed by atoms with Gasteiger partial charge in [0, 0.05) is 12.3 Å². The topological polar surface area (TPSA) is 34.1 Å². The molecule has 0 fully saturated rings. The van der Waals surface area contributed by atoms with Gasteiger partial charge in [0.2, 0.25) is 0 Å². The van der Waals surface area contributed by atoms with E-state index in [-0.39, 0.29) is 23.4 Å². The van der Waals surface area contributed by atoms with Crippen molar-refractivity contribution >= 4 is 11.6 Å². The summed E-state index contributed by atoms with van der Waals surface area (Å²) in [5.41, 5.74) is 3.22. The van der Waals surface area contributed by atoms with Gasteiger partial charge in [0.05, 0.1) is 0 Å². The molecular formula is C20H30O2. The molecule has 2 unspecified atom stereocenters. The van der Waals surface area contributed by atoms with Crippen LogP contribution >= 0.6 is 0 Å². The molecule has 0 saturated carbocycles. The van der Waals surface area contributed by atoms with Gasteiger partial charge >= 0.3 is 0 Å². The monoisotopic (exact) mass is 302 g/mol. The third-order valence-electron chi connectivity index (χ3n) is 4.16. The molecule has 122 valence electrons. The zero-order valence-electron chi connectivity index (χ0n) is 14.9. The summed E-state index contributed by atoms with van der Waals surface area (Å²) >= 11 is 0. The smallest absolute Gasteiger partial charge is 0.163 e. The van der Waals surface area contributed by atoms with Crippen LogP contribution < -0.4 is 0 Å². The largest absolute Gasteiger partial charge is 0.295 e. The van der Waals surface area contributed by atoms with E-state index in [2.05, 4.69) is 19.9 Å². The third kappa shape index (κ3) is 5.40. The van der Waals surface area contributed by atoms with Crippen LogP contribution in [0.5, 0.6) is 0 Å². The molecule has 2 atom stereocenters. The molecule has 0 aromatic carbocycles. The third-order valence-corrected chi connectivity index (χ3v) is 4.16. The molecular weight excluding hydrogens is 272 g/mol. The zero-order chi connectivity index (χ0) is 16.9. The van der Waals surface area contributed by atoms with Crippen LogP contribution in [0.15, 0.2) is 34.9 Å². The van der Waals surface area contributed by atoms with Gasteiger partial charge in [-0.3, -0.25) is 9.59 Å². The van der Waals surface area contributed by atoms with E-state index in [1.807, 2.05) is 27.7 Å². The maximum atomic E-state index is 12.6. The minimum absolute atomic E-state index is 0.105. The van der Waals surface area contributed by atoms with Crippen molar-refractivity contribution in [3.63, 3.8) is 0 Å². The summed E-state index contributed by atoms with van der Waals surface area (Å²) in [6.45, 7) is 12.0. The average Bonchev–Trinajstić information content (AvgIpc) is 2.35. The second-order valence-corrected chi connectivity index (χ2v) is 7.19. The maximum absolute atomic E-state index is 12.6. The first-order valence-corrected chi connectivity index (χ1v) is 8.28. The predicted molar refractivity (Wildman–Crippen MR) is 92.6 cm³/mol. The molecule has 0 aliphatic heterocycles. The Kier molecular flexibility index (Phi) is 6.99. The fraction of sp³-hybridized carbons (Fsp3) is 0.600. The average molecular weight is 302 g/mol. The van der Waals surface area contributed by atoms with Crippen molar-refractivity contribution in [1.29, 1.82) is 0 Å². The summed E-state index contributed by atoms with van der Waals surface area (Å²) in [7, 11) is 0. The van der Waals surface area contributed by atoms with Crippen LogP contribution in [0.4, 0.5) is 0 Å². The quantitative estimate of drug-likeness (QED) is 0.508. The van der Waals surface area contributed by atoms with Crippen molar-refractivity contribution in [2.45, 2.75) is 60.8 Å². The first kappa shape index (κ1) is 18.6. The number of rotatable bonds is 6. The van der Waals surface area contributed by atoms with Crippen LogP contribution in [0.25, 0.3) is 0 Å². The number of carbonyl (C=O) groups excluding carboxylic acids is 2. The Morgan fingerprint density at radius 1 is 1.23 bits per heavy atom. The van der Waals surface area contributed by atoms with E-state index in [1.165, 1.54) is 0 Å². The fourth-order valence-corrected chi connectivity index (χ4v) is 3.21. The molecule has 0 heterocycles. The van der Waals surface area contributed by atoms with Gasteiger partial charge < -0.3 is 0 Å². The van der Waals surface area contributed by atoms with Gasteiger partial charge in [0.25, 0.3) is 0 Å². The van der Waals surface area contributed by atoms with Gasteiger partial charge in [-0.25, -0.2) is 0 Å². The molecule has 2 nitrogen and oxygen atoms in total. The summed E-state index contributed by atoms with van der Waals surface area (Å²) in [5.74, 6) is 0.763. The van der Waals surface area contributed by atoms with Gasteiger partial charge in [0.1, 0.15) is 0 Å². The number of ketones is 2. The Bertz CT molecular complexity index is 514. The molecule has 0 spiro atoms. The zero-order valence-corrected chi connectivity index (χ0v) is 14.9. The van der Waals surface area contributed by atoms with E-state index in [0.29, 0.717) is 12.3 Å². The van der Waals surface area contributed by atoms with Crippen LogP contribution in [0.3, 0.4) is 0 Å². The number of carbonyl (C=O) groups is 2. The normalized spacial score (nSPS) is 22.3. The molecule has 1 rings (SSSR count). The van der Waals surface area contributed by atoms with E-state index in [1.54, 1.807) is 12.2 Å². The summed E-state index contributed by atoms with van der Waals surface area (Å²) in [6.07, 6.45) is 8.18. The lowest BCUT2D eigenvalue weighted by Gasteiger charge is -2.30. The fourth-order valence-electron chi connectivity index (χ4n) is 3.21. The second-order valence-electron chi connectivity index (χ2n) is 7.19. The van der Waals surface area contributed by atoms with Crippen LogP contribution in [0, 0.1) is 17.8 Å². The van der Waals surface area contributed by atoms with Gasteiger partial charge in [-0.2, -0.15) is 0 Å². The number of allylic oxidation sites excluding steroid dienone is 6. The Hall–Kier alpha value is -1.44. The molecule has 0 amide bonds. The van der Waals surface area contributed by atoms with Crippen molar-refractivity contribution in [3.8, 4) is 0 Å². The molecule has 0 aromatic heterocycles. The molecule has 2 heteroatoms. The highest BCUT2D eigenvalue weighted by Crippen LogP contribution is 2.36. The maximum Gasteiger partial charge on any atom is 0.163 e. The first-order valence-electron chi connectivity index (χ1n) is 8.28. The van der Waals surface area contributed by atoms with Crippen LogP contribution in [-0.4, -0.2) is 11.6 Å². The van der Waals surface area contributed by atoms with E-state index in [0.717, 1.165) is 29.6 Å². The Labute approximate surface area is 135 Å². The van der Waals surface area contributed by atoms with Crippen LogP contribution in [0.1, 0.15) is 60.8 Å². The lowest BCUT2D eigenvalue weighted by molar-refractivity contribution is -0.119. The van der Waals surface area contributed by atoms with Crippen LogP contribution in [-0.2, 0) is 9.59 Å². The minimum Gasteiger partial charge on any atom is -0.295 e. The van der Waals surface area contributed by atoms with E-state index in [4.69, 9.17) is 0 Å². The van der Waals surface area contributed by atoms with Crippen LogP contribution in [0.2, 0.25) is 0 Å². The highest BCUT2D eigenvalue weighted by Gasteiger charge is 2.31. The second kappa shape index (κ2) is 8.26. The Balaban J connectivity index is 3.02. The highest BCUT2D eigenvalue weighted by molar-refractivity contribution is 5.95. The summed E-state index contributed by atoms with van der Waals surface area (Å²) in [5, 5.41) is 0. The van der Waals surface area contributed by atoms with Crippen molar-refractivity contribution in [2.75, 3.05) is 0 Å². The molecule has 0 bridgehead atoms. The molecule has 0 aromatic rings. The van der Waals surface area contributed by atoms with Crippen molar-refractivity contribution in [3.05, 3.63) is 34.9 Å². The number of hydrogen-bond donors (Lipinski definition) is 0. The van der Waals surface area contributed by atoms with Gasteiger partial charge in [-0.1, -0.05) is 36.6 Å². The Morgan fingerprint density at radius 2 is 1.86 bits per heavy atom. The standard InChI is InChI=1S/C20H30O2/c1-13(2)10-17(21)12-16(6)18-9-7-8-15(5)20(18)19(22)11-14(3)4/h8,11-13,18,20H,7,9-10H2,1-6H3/b16-12+. The number of hydrogen-bond acceptors (Lipinski definition) is 2. The molecule has 0 radical (unpaired) electrons. The lowest BCUT2D eigenvalue weighted by Crippen LogP contribution is -2.27. The summed E-state index contributed by atoms with van der Waals surface area (Å²) < 4.78 is 0. The van der Waals surface area contributed by atoms with Gasteiger partial charge in [0.15, 0.2) is 11.6 Å². The van der Waals surface area contributed by atoms with E-state index in [9.17, 15) is 9.59 Å². The first-order chi connectivity index (χ1) is 10.2. The van der Waals surface area contributed by atoms with E-state index >= 15 is 0 Å². The highest BCUT2D eigenvalue weighted by atomic mass is 16.1. The summed E-state index contributed by atoms with van der Waals surface area (Å²) in [4.78, 5) is 24.6. The van der Waals surface area contributed by atoms with Crippen molar-refractivity contribution in [1.82, 2.24) is 0 Å². The molecule has 0 saturated heterocycles. The van der Waals surface area contributed by atoms with E-state index < -0.39 is 0 Å². The van der Waals surface area contributed by atoms with Crippen molar-refractivity contribution < 1.29 is 9.59 Å². The predicted octanol–water partition coefficient (Wildman–Crippen LogP) is 5.06. The van der Waals surface area contributed by atoms with Gasteiger partial charge in [-0.15, -0.1) is 0 Å². The molecule has 1 aliphatic carbocycles. The minimum atomic E-state index is -0.105. The molecule has 1 aliphatic rings. The lowest BCUT2D eigenvalue weighted by atomic mass is 9.72. The molecule has 22 heavy (non-hydrogen) atoms. The molecule has 0 N–H and O–H groups in total. The SMILES string of the molecule is CC(C)=CC(=O)C1C(C)=CCCC1/C(C)=C/C(=O)CC(C)C. The Morgan fingerprint density at radius 3 is 2.41 bits per heavy atom.